The maximum Gasteiger partial charge on any atom is 0.121 e. The topological polar surface area (TPSA) is 18.5 Å². The van der Waals surface area contributed by atoms with Crippen molar-refractivity contribution in [2.24, 2.45) is 17.3 Å². The lowest BCUT2D eigenvalue weighted by molar-refractivity contribution is -0.111. The minimum absolute atomic E-state index is 0.0999. The highest BCUT2D eigenvalue weighted by Gasteiger charge is 2.47. The fraction of sp³-hybridized carbons (Fsp3) is 1.00. The molecule has 6 unspecified atom stereocenters. The first kappa shape index (κ1) is 25.2. The van der Waals surface area contributed by atoms with Crippen LogP contribution in [0.5, 0.6) is 0 Å². The van der Waals surface area contributed by atoms with E-state index in [0.717, 1.165) is 12.3 Å². The number of methoxy groups -OCH3 is 1. The van der Waals surface area contributed by atoms with Gasteiger partial charge in [0.25, 0.3) is 0 Å². The summed E-state index contributed by atoms with van der Waals surface area (Å²) in [6, 6.07) is 0. The Kier molecular flexibility index (Phi) is 8.77. The van der Waals surface area contributed by atoms with Gasteiger partial charge in [0.1, 0.15) is 7.28 Å². The van der Waals surface area contributed by atoms with E-state index in [2.05, 4.69) is 62.7 Å². The van der Waals surface area contributed by atoms with E-state index in [4.69, 9.17) is 9.47 Å². The average molecular weight is 405 g/mol. The van der Waals surface area contributed by atoms with E-state index in [1.807, 2.05) is 7.11 Å². The van der Waals surface area contributed by atoms with Crippen molar-refractivity contribution in [3.63, 3.8) is 0 Å². The van der Waals surface area contributed by atoms with Gasteiger partial charge in [-0.2, -0.15) is 0 Å². The van der Waals surface area contributed by atoms with Crippen LogP contribution in [0.4, 0.5) is 0 Å². The summed E-state index contributed by atoms with van der Waals surface area (Å²) in [7, 11) is 4.45. The molecule has 0 aromatic rings. The second-order valence-electron chi connectivity index (χ2n) is 12.1. The van der Waals surface area contributed by atoms with Crippen LogP contribution in [0, 0.1) is 17.3 Å². The van der Waals surface area contributed by atoms with Crippen LogP contribution >= 0.6 is 0 Å². The molecule has 0 aromatic carbocycles. The summed E-state index contributed by atoms with van der Waals surface area (Å²) < 4.78 is 12.8. The van der Waals surface area contributed by atoms with Crippen molar-refractivity contribution in [3.8, 4) is 0 Å². The van der Waals surface area contributed by atoms with Crippen molar-refractivity contribution in [1.82, 2.24) is 0 Å². The third-order valence-corrected chi connectivity index (χ3v) is 8.06. The first-order valence-electron chi connectivity index (χ1n) is 12.5. The Bertz CT molecular complexity index is 505. The molecule has 0 N–H and O–H groups in total. The molecule has 2 rings (SSSR count). The Morgan fingerprint density at radius 2 is 1.93 bits per heavy atom. The Labute approximate surface area is 183 Å². The van der Waals surface area contributed by atoms with Crippen molar-refractivity contribution >= 4 is 7.28 Å². The van der Waals surface area contributed by atoms with Crippen LogP contribution in [0.25, 0.3) is 0 Å². The highest BCUT2D eigenvalue weighted by Crippen LogP contribution is 2.53. The second kappa shape index (κ2) is 10.1. The molecule has 2 fully saturated rings. The summed E-state index contributed by atoms with van der Waals surface area (Å²) in [5, 5.41) is 0.288. The fourth-order valence-corrected chi connectivity index (χ4v) is 6.66. The zero-order valence-corrected chi connectivity index (χ0v) is 21.1. The highest BCUT2D eigenvalue weighted by atomic mass is 16.5. The van der Waals surface area contributed by atoms with Gasteiger partial charge in [0.2, 0.25) is 0 Å². The van der Waals surface area contributed by atoms with Gasteiger partial charge in [0.15, 0.2) is 0 Å². The second-order valence-corrected chi connectivity index (χ2v) is 12.1. The zero-order valence-electron chi connectivity index (χ0n) is 21.1. The molecule has 1 radical (unpaired) electrons. The lowest BCUT2D eigenvalue weighted by Gasteiger charge is -2.48. The molecule has 0 amide bonds. The van der Waals surface area contributed by atoms with Crippen LogP contribution in [-0.2, 0) is 9.47 Å². The molecule has 0 bridgehead atoms. The first-order chi connectivity index (χ1) is 13.5. The van der Waals surface area contributed by atoms with Crippen molar-refractivity contribution in [1.29, 1.82) is 0 Å². The molecule has 2 aliphatic heterocycles. The van der Waals surface area contributed by atoms with E-state index >= 15 is 0 Å². The van der Waals surface area contributed by atoms with Crippen LogP contribution in [0.1, 0.15) is 113 Å². The molecule has 3 heteroatoms. The van der Waals surface area contributed by atoms with Crippen LogP contribution in [-0.4, -0.2) is 32.2 Å². The summed E-state index contributed by atoms with van der Waals surface area (Å²) in [5.41, 5.74) is 0.459. The molecule has 0 aliphatic carbocycles. The molecule has 0 aromatic heterocycles. The molecule has 6 atom stereocenters. The van der Waals surface area contributed by atoms with E-state index < -0.39 is 0 Å². The lowest BCUT2D eigenvalue weighted by Crippen LogP contribution is -2.45. The van der Waals surface area contributed by atoms with E-state index in [1.54, 1.807) is 0 Å². The van der Waals surface area contributed by atoms with Gasteiger partial charge in [-0.1, -0.05) is 72.9 Å². The Balaban J connectivity index is 2.13. The highest BCUT2D eigenvalue weighted by molar-refractivity contribution is 6.42. The van der Waals surface area contributed by atoms with Gasteiger partial charge in [-0.15, -0.1) is 0 Å². The normalized spacial score (nSPS) is 35.7. The summed E-state index contributed by atoms with van der Waals surface area (Å²) in [5.74, 6) is 2.01. The third kappa shape index (κ3) is 6.99. The van der Waals surface area contributed by atoms with Crippen LogP contribution in [0.15, 0.2) is 0 Å². The minimum Gasteiger partial charge on any atom is -0.381 e. The number of rotatable bonds is 8. The smallest absolute Gasteiger partial charge is 0.121 e. The molecule has 2 nitrogen and oxygen atoms in total. The van der Waals surface area contributed by atoms with Crippen LogP contribution < -0.4 is 0 Å². The molecule has 29 heavy (non-hydrogen) atoms. The predicted octanol–water partition coefficient (Wildman–Crippen LogP) is 7.69. The third-order valence-electron chi connectivity index (χ3n) is 8.06. The van der Waals surface area contributed by atoms with Crippen molar-refractivity contribution < 1.29 is 9.47 Å². The quantitative estimate of drug-likeness (QED) is 0.385. The summed E-state index contributed by atoms with van der Waals surface area (Å²) >= 11 is 0. The summed E-state index contributed by atoms with van der Waals surface area (Å²) in [6.07, 6.45) is 11.9. The van der Waals surface area contributed by atoms with Crippen LogP contribution in [0.3, 0.4) is 0 Å². The summed E-state index contributed by atoms with van der Waals surface area (Å²) in [6.45, 7) is 19.0. The monoisotopic (exact) mass is 405 g/mol. The van der Waals surface area contributed by atoms with Crippen molar-refractivity contribution in [2.75, 3.05) is 7.11 Å². The molecular formula is C26H50BO2. The number of ether oxygens (including phenoxy) is 2. The first-order valence-corrected chi connectivity index (χ1v) is 12.5. The van der Waals surface area contributed by atoms with Gasteiger partial charge in [-0.25, -0.2) is 0 Å². The van der Waals surface area contributed by atoms with Gasteiger partial charge in [0.05, 0.1) is 17.8 Å². The van der Waals surface area contributed by atoms with E-state index in [0.29, 0.717) is 29.4 Å². The van der Waals surface area contributed by atoms with Gasteiger partial charge in [0, 0.05) is 7.11 Å². The lowest BCUT2D eigenvalue weighted by atomic mass is 9.39. The molecule has 1 spiro atoms. The fourth-order valence-electron chi connectivity index (χ4n) is 6.66. The Morgan fingerprint density at radius 1 is 1.24 bits per heavy atom. The zero-order chi connectivity index (χ0) is 21.9. The van der Waals surface area contributed by atoms with Gasteiger partial charge in [-0.05, 0) is 68.6 Å². The predicted molar refractivity (Wildman–Crippen MR) is 127 cm³/mol. The van der Waals surface area contributed by atoms with E-state index in [9.17, 15) is 0 Å². The molecule has 2 heterocycles. The van der Waals surface area contributed by atoms with Crippen molar-refractivity contribution in [3.05, 3.63) is 0 Å². The minimum atomic E-state index is 0.0999. The van der Waals surface area contributed by atoms with E-state index in [-0.39, 0.29) is 10.9 Å². The number of hydrogen-bond acceptors (Lipinski definition) is 2. The van der Waals surface area contributed by atoms with Crippen LogP contribution in [0.2, 0.25) is 11.1 Å². The maximum absolute atomic E-state index is 6.97. The Morgan fingerprint density at radius 3 is 2.45 bits per heavy atom. The largest absolute Gasteiger partial charge is 0.381 e. The molecule has 2 saturated heterocycles. The standard InChI is InChI=1S/C26H50BO2/c1-10-22-14-21(16-25(8,11-2)17-23(28-9)19(3)4)12-13-26(29-22)15-20(5)27-24(6,7)18-26/h19-23H,10-18H2,1-9H3. The Hall–Kier alpha value is -0.0151. The summed E-state index contributed by atoms with van der Waals surface area (Å²) in [4.78, 5) is 0. The molecule has 169 valence electrons. The molecule has 2 aliphatic rings. The maximum atomic E-state index is 6.97. The van der Waals surface area contributed by atoms with Crippen molar-refractivity contribution in [2.45, 2.75) is 142 Å². The van der Waals surface area contributed by atoms with E-state index in [1.165, 1.54) is 51.4 Å². The average Bonchev–Trinajstić information content (AvgIpc) is 2.76. The van der Waals surface area contributed by atoms with Gasteiger partial charge < -0.3 is 9.47 Å². The SMILES string of the molecule is CCC1CC(CC(C)(CC)CC(OC)C(C)C)CCC2(CC(C)[B]C(C)(C)C2)O1. The molecular weight excluding hydrogens is 355 g/mol. The molecule has 0 saturated carbocycles. The van der Waals surface area contributed by atoms with Gasteiger partial charge >= 0.3 is 0 Å². The number of hydrogen-bond donors (Lipinski definition) is 0. The van der Waals surface area contributed by atoms with Gasteiger partial charge in [-0.3, -0.25) is 0 Å².